The zero-order valence-corrected chi connectivity index (χ0v) is 10.5. The Morgan fingerprint density at radius 2 is 2.53 bits per heavy atom. The van der Waals surface area contributed by atoms with Gasteiger partial charge in [0.25, 0.3) is 0 Å². The number of rotatable bonds is 2. The summed E-state index contributed by atoms with van der Waals surface area (Å²) < 4.78 is 0. The Hall–Kier alpha value is 0.0700. The second-order valence-corrected chi connectivity index (χ2v) is 6.54. The van der Waals surface area contributed by atoms with Gasteiger partial charge in [0, 0.05) is 37.2 Å². The average molecular weight is 249 g/mol. The Labute approximate surface area is 99.9 Å². The van der Waals surface area contributed by atoms with Gasteiger partial charge in [-0.1, -0.05) is 0 Å². The number of carbonyl (C=O) groups is 1. The van der Waals surface area contributed by atoms with Crippen LogP contribution in [0.2, 0.25) is 0 Å². The molecule has 2 saturated heterocycles. The molecule has 2 aliphatic heterocycles. The molecule has 0 aromatic heterocycles. The highest BCUT2D eigenvalue weighted by Gasteiger charge is 2.42. The van der Waals surface area contributed by atoms with E-state index in [1.54, 1.807) is 0 Å². The van der Waals surface area contributed by atoms with E-state index < -0.39 is 0 Å². The van der Waals surface area contributed by atoms with E-state index >= 15 is 0 Å². The van der Waals surface area contributed by atoms with Gasteiger partial charge in [0.05, 0.1) is 4.87 Å². The van der Waals surface area contributed by atoms with Gasteiger partial charge in [0.15, 0.2) is 0 Å². The van der Waals surface area contributed by atoms with Crippen molar-refractivity contribution >= 4 is 29.3 Å². The van der Waals surface area contributed by atoms with E-state index in [1.807, 2.05) is 23.6 Å². The molecule has 2 heterocycles. The Bertz CT molecular complexity index is 254. The number of halogens is 1. The largest absolute Gasteiger partial charge is 0.340 e. The summed E-state index contributed by atoms with van der Waals surface area (Å²) in [6.45, 7) is 4.66. The van der Waals surface area contributed by atoms with Gasteiger partial charge in [-0.15, -0.1) is 23.4 Å². The first-order chi connectivity index (χ1) is 7.11. The predicted molar refractivity (Wildman–Crippen MR) is 64.3 cm³/mol. The van der Waals surface area contributed by atoms with Gasteiger partial charge in [0.2, 0.25) is 5.91 Å². The van der Waals surface area contributed by atoms with Crippen molar-refractivity contribution in [1.82, 2.24) is 10.2 Å². The molecular weight excluding hydrogens is 232 g/mol. The highest BCUT2D eigenvalue weighted by Crippen LogP contribution is 2.36. The SMILES string of the molecule is CC(Cl)CC(=O)N1CCC2(C1)NCCS2. The van der Waals surface area contributed by atoms with Crippen molar-refractivity contribution in [3.63, 3.8) is 0 Å². The highest BCUT2D eigenvalue weighted by molar-refractivity contribution is 8.00. The van der Waals surface area contributed by atoms with Gasteiger partial charge in [-0.05, 0) is 13.3 Å². The molecule has 0 aromatic rings. The van der Waals surface area contributed by atoms with E-state index in [4.69, 9.17) is 11.6 Å². The van der Waals surface area contributed by atoms with Crippen LogP contribution in [0, 0.1) is 0 Å². The van der Waals surface area contributed by atoms with Crippen molar-refractivity contribution in [2.45, 2.75) is 30.0 Å². The number of nitrogens with one attached hydrogen (secondary N) is 1. The Balaban J connectivity index is 1.89. The third-order valence-electron chi connectivity index (χ3n) is 2.97. The summed E-state index contributed by atoms with van der Waals surface area (Å²) in [5, 5.41) is 3.45. The molecule has 0 aromatic carbocycles. The molecule has 86 valence electrons. The smallest absolute Gasteiger partial charge is 0.224 e. The van der Waals surface area contributed by atoms with Crippen LogP contribution in [-0.2, 0) is 4.79 Å². The number of alkyl halides is 1. The normalized spacial score (nSPS) is 32.5. The van der Waals surface area contributed by atoms with Crippen molar-refractivity contribution in [3.05, 3.63) is 0 Å². The minimum atomic E-state index is -0.0572. The summed E-state index contributed by atoms with van der Waals surface area (Å²) in [5.74, 6) is 1.36. The van der Waals surface area contributed by atoms with Gasteiger partial charge in [-0.25, -0.2) is 0 Å². The molecule has 5 heteroatoms. The molecule has 2 fully saturated rings. The molecule has 15 heavy (non-hydrogen) atoms. The lowest BCUT2D eigenvalue weighted by molar-refractivity contribution is -0.130. The van der Waals surface area contributed by atoms with Crippen LogP contribution in [0.15, 0.2) is 0 Å². The van der Waals surface area contributed by atoms with Crippen molar-refractivity contribution < 1.29 is 4.79 Å². The molecule has 3 nitrogen and oxygen atoms in total. The summed E-state index contributed by atoms with van der Waals surface area (Å²) in [5.41, 5.74) is 0. The third-order valence-corrected chi connectivity index (χ3v) is 4.56. The maximum Gasteiger partial charge on any atom is 0.224 e. The first-order valence-corrected chi connectivity index (χ1v) is 6.84. The summed E-state index contributed by atoms with van der Waals surface area (Å²) in [6.07, 6.45) is 1.53. The maximum atomic E-state index is 11.8. The van der Waals surface area contributed by atoms with E-state index in [0.29, 0.717) is 6.42 Å². The lowest BCUT2D eigenvalue weighted by Gasteiger charge is -2.23. The van der Waals surface area contributed by atoms with Crippen LogP contribution in [-0.4, -0.2) is 46.4 Å². The standard InChI is InChI=1S/C10H17ClN2OS/c1-8(11)6-9(14)13-4-2-10(7-13)12-3-5-15-10/h8,12H,2-7H2,1H3. The van der Waals surface area contributed by atoms with Crippen LogP contribution < -0.4 is 5.32 Å². The number of amides is 1. The number of carbonyl (C=O) groups excluding carboxylic acids is 1. The zero-order chi connectivity index (χ0) is 10.9. The fourth-order valence-corrected chi connectivity index (χ4v) is 3.62. The fourth-order valence-electron chi connectivity index (χ4n) is 2.20. The molecule has 0 radical (unpaired) electrons. The number of hydrogen-bond donors (Lipinski definition) is 1. The highest BCUT2D eigenvalue weighted by atomic mass is 35.5. The molecular formula is C10H17ClN2OS. The fraction of sp³-hybridized carbons (Fsp3) is 0.900. The second-order valence-electron chi connectivity index (χ2n) is 4.32. The van der Waals surface area contributed by atoms with Crippen molar-refractivity contribution in [2.75, 3.05) is 25.4 Å². The van der Waals surface area contributed by atoms with Crippen molar-refractivity contribution in [2.24, 2.45) is 0 Å². The molecule has 0 bridgehead atoms. The lowest BCUT2D eigenvalue weighted by Crippen LogP contribution is -2.41. The minimum Gasteiger partial charge on any atom is -0.340 e. The predicted octanol–water partition coefficient (Wildman–Crippen LogP) is 1.27. The summed E-state index contributed by atoms with van der Waals surface area (Å²) in [6, 6.07) is 0. The molecule has 2 unspecified atom stereocenters. The summed E-state index contributed by atoms with van der Waals surface area (Å²) >= 11 is 7.79. The van der Waals surface area contributed by atoms with Crippen LogP contribution >= 0.6 is 23.4 Å². The lowest BCUT2D eigenvalue weighted by atomic mass is 10.2. The first-order valence-electron chi connectivity index (χ1n) is 5.42. The Kier molecular flexibility index (Phi) is 3.48. The van der Waals surface area contributed by atoms with Crippen molar-refractivity contribution in [1.29, 1.82) is 0 Å². The van der Waals surface area contributed by atoms with Crippen LogP contribution in [0.5, 0.6) is 0 Å². The monoisotopic (exact) mass is 248 g/mol. The van der Waals surface area contributed by atoms with Gasteiger partial charge < -0.3 is 10.2 Å². The Morgan fingerprint density at radius 1 is 1.73 bits per heavy atom. The van der Waals surface area contributed by atoms with Crippen LogP contribution in [0.3, 0.4) is 0 Å². The average Bonchev–Trinajstić information content (AvgIpc) is 2.76. The van der Waals surface area contributed by atoms with Gasteiger partial charge in [0.1, 0.15) is 0 Å². The maximum absolute atomic E-state index is 11.8. The molecule has 0 aliphatic carbocycles. The summed E-state index contributed by atoms with van der Waals surface area (Å²) in [4.78, 5) is 13.9. The van der Waals surface area contributed by atoms with E-state index in [-0.39, 0.29) is 16.2 Å². The quantitative estimate of drug-likeness (QED) is 0.747. The van der Waals surface area contributed by atoms with Crippen LogP contribution in [0.25, 0.3) is 0 Å². The van der Waals surface area contributed by atoms with Gasteiger partial charge in [-0.3, -0.25) is 4.79 Å². The molecule has 1 N–H and O–H groups in total. The number of likely N-dealkylation sites (tertiary alicyclic amines) is 1. The number of thioether (sulfide) groups is 1. The van der Waals surface area contributed by atoms with E-state index in [2.05, 4.69) is 5.32 Å². The third kappa shape index (κ3) is 2.60. The zero-order valence-electron chi connectivity index (χ0n) is 8.96. The van der Waals surface area contributed by atoms with Gasteiger partial charge in [-0.2, -0.15) is 0 Å². The summed E-state index contributed by atoms with van der Waals surface area (Å²) in [7, 11) is 0. The molecule has 2 aliphatic rings. The second kappa shape index (κ2) is 4.52. The van der Waals surface area contributed by atoms with E-state index in [0.717, 1.165) is 31.8 Å². The Morgan fingerprint density at radius 3 is 3.13 bits per heavy atom. The number of hydrogen-bond acceptors (Lipinski definition) is 3. The minimum absolute atomic E-state index is 0.0572. The van der Waals surface area contributed by atoms with Crippen molar-refractivity contribution in [3.8, 4) is 0 Å². The first kappa shape index (κ1) is 11.6. The topological polar surface area (TPSA) is 32.3 Å². The molecule has 2 rings (SSSR count). The number of nitrogens with zero attached hydrogens (tertiary/aromatic N) is 1. The molecule has 2 atom stereocenters. The molecule has 1 spiro atoms. The molecule has 1 amide bonds. The van der Waals surface area contributed by atoms with Gasteiger partial charge >= 0.3 is 0 Å². The van der Waals surface area contributed by atoms with E-state index in [1.165, 1.54) is 0 Å². The molecule has 0 saturated carbocycles. The van der Waals surface area contributed by atoms with E-state index in [9.17, 15) is 4.79 Å². The van der Waals surface area contributed by atoms with Crippen LogP contribution in [0.1, 0.15) is 19.8 Å². The van der Waals surface area contributed by atoms with Crippen LogP contribution in [0.4, 0.5) is 0 Å².